The van der Waals surface area contributed by atoms with E-state index in [-0.39, 0.29) is 11.9 Å². The molecular weight excluding hydrogens is 312 g/mol. The summed E-state index contributed by atoms with van der Waals surface area (Å²) in [6, 6.07) is 13.7. The van der Waals surface area contributed by atoms with Gasteiger partial charge in [0.15, 0.2) is 0 Å². The van der Waals surface area contributed by atoms with E-state index >= 15 is 0 Å². The lowest BCUT2D eigenvalue weighted by Crippen LogP contribution is -2.38. The quantitative estimate of drug-likeness (QED) is 0.851. The number of nitrogens with zero attached hydrogens (tertiary/aromatic N) is 1. The summed E-state index contributed by atoms with van der Waals surface area (Å²) in [5, 5.41) is 3.12. The Morgan fingerprint density at radius 2 is 1.92 bits per heavy atom. The number of hydrogen-bond acceptors (Lipinski definition) is 3. The van der Waals surface area contributed by atoms with Crippen LogP contribution in [0.2, 0.25) is 0 Å². The Labute approximate surface area is 149 Å². The van der Waals surface area contributed by atoms with Crippen LogP contribution in [0.3, 0.4) is 0 Å². The Bertz CT molecular complexity index is 664. The SMILES string of the molecule is C[C@@H](NC(=O)c1ccc(OCc2ccccc2)nc1)C1CCCCC1. The van der Waals surface area contributed by atoms with E-state index in [9.17, 15) is 4.79 Å². The summed E-state index contributed by atoms with van der Waals surface area (Å²) in [6.45, 7) is 2.58. The Balaban J connectivity index is 1.51. The van der Waals surface area contributed by atoms with Crippen molar-refractivity contribution in [1.29, 1.82) is 0 Å². The second kappa shape index (κ2) is 8.65. The third kappa shape index (κ3) is 5.05. The normalized spacial score (nSPS) is 16.2. The summed E-state index contributed by atoms with van der Waals surface area (Å²) in [5.41, 5.74) is 1.67. The van der Waals surface area contributed by atoms with Crippen molar-refractivity contribution in [3.8, 4) is 5.88 Å². The van der Waals surface area contributed by atoms with Crippen molar-refractivity contribution >= 4 is 5.91 Å². The predicted octanol–water partition coefficient (Wildman–Crippen LogP) is 4.36. The van der Waals surface area contributed by atoms with Crippen LogP contribution >= 0.6 is 0 Å². The van der Waals surface area contributed by atoms with Crippen molar-refractivity contribution in [2.24, 2.45) is 5.92 Å². The summed E-state index contributed by atoms with van der Waals surface area (Å²) in [5.74, 6) is 1.07. The van der Waals surface area contributed by atoms with Crippen molar-refractivity contribution in [1.82, 2.24) is 10.3 Å². The van der Waals surface area contributed by atoms with Crippen LogP contribution in [0.4, 0.5) is 0 Å². The molecule has 1 atom stereocenters. The van der Waals surface area contributed by atoms with Crippen LogP contribution in [0.15, 0.2) is 48.7 Å². The van der Waals surface area contributed by atoms with E-state index in [1.54, 1.807) is 18.3 Å². The predicted molar refractivity (Wildman–Crippen MR) is 98.5 cm³/mol. The molecule has 0 radical (unpaired) electrons. The molecule has 1 heterocycles. The fraction of sp³-hybridized carbons (Fsp3) is 0.429. The number of hydrogen-bond donors (Lipinski definition) is 1. The number of benzene rings is 1. The van der Waals surface area contributed by atoms with Crippen LogP contribution in [-0.4, -0.2) is 16.9 Å². The molecule has 4 nitrogen and oxygen atoms in total. The largest absolute Gasteiger partial charge is 0.473 e. The smallest absolute Gasteiger partial charge is 0.253 e. The van der Waals surface area contributed by atoms with E-state index in [4.69, 9.17) is 4.74 Å². The van der Waals surface area contributed by atoms with Gasteiger partial charge >= 0.3 is 0 Å². The lowest BCUT2D eigenvalue weighted by Gasteiger charge is -2.28. The molecule has 1 aliphatic rings. The van der Waals surface area contributed by atoms with E-state index in [0.29, 0.717) is 24.0 Å². The molecule has 1 aromatic heterocycles. The molecule has 1 N–H and O–H groups in total. The maximum Gasteiger partial charge on any atom is 0.253 e. The summed E-state index contributed by atoms with van der Waals surface area (Å²) >= 11 is 0. The van der Waals surface area contributed by atoms with Crippen LogP contribution < -0.4 is 10.1 Å². The van der Waals surface area contributed by atoms with Crippen LogP contribution in [0.25, 0.3) is 0 Å². The van der Waals surface area contributed by atoms with E-state index in [0.717, 1.165) is 5.56 Å². The summed E-state index contributed by atoms with van der Waals surface area (Å²) in [7, 11) is 0. The van der Waals surface area contributed by atoms with Gasteiger partial charge in [0.05, 0.1) is 5.56 Å². The monoisotopic (exact) mass is 338 g/mol. The molecule has 0 unspecified atom stereocenters. The number of amides is 1. The Hall–Kier alpha value is -2.36. The lowest BCUT2D eigenvalue weighted by atomic mass is 9.84. The topological polar surface area (TPSA) is 51.2 Å². The molecule has 0 aliphatic heterocycles. The number of carbonyl (C=O) groups excluding carboxylic acids is 1. The molecule has 3 rings (SSSR count). The van der Waals surface area contributed by atoms with E-state index in [2.05, 4.69) is 17.2 Å². The van der Waals surface area contributed by atoms with Gasteiger partial charge in [-0.15, -0.1) is 0 Å². The minimum Gasteiger partial charge on any atom is -0.473 e. The number of rotatable bonds is 6. The van der Waals surface area contributed by atoms with E-state index in [1.165, 1.54) is 32.1 Å². The van der Waals surface area contributed by atoms with Gasteiger partial charge in [0.2, 0.25) is 5.88 Å². The van der Waals surface area contributed by atoms with Gasteiger partial charge in [-0.3, -0.25) is 4.79 Å². The average molecular weight is 338 g/mol. The molecule has 1 amide bonds. The molecule has 4 heteroatoms. The van der Waals surface area contributed by atoms with Crippen molar-refractivity contribution in [3.05, 3.63) is 59.8 Å². The zero-order valence-corrected chi connectivity index (χ0v) is 14.8. The fourth-order valence-corrected chi connectivity index (χ4v) is 3.37. The Kier molecular flexibility index (Phi) is 6.04. The van der Waals surface area contributed by atoms with Gasteiger partial charge in [-0.2, -0.15) is 0 Å². The van der Waals surface area contributed by atoms with Crippen molar-refractivity contribution in [3.63, 3.8) is 0 Å². The first-order valence-electron chi connectivity index (χ1n) is 9.16. The molecule has 1 aromatic carbocycles. The summed E-state index contributed by atoms with van der Waals surface area (Å²) in [4.78, 5) is 16.6. The second-order valence-electron chi connectivity index (χ2n) is 6.82. The minimum absolute atomic E-state index is 0.0554. The lowest BCUT2D eigenvalue weighted by molar-refractivity contribution is 0.0919. The first kappa shape index (κ1) is 17.5. The maximum atomic E-state index is 12.4. The van der Waals surface area contributed by atoms with Gasteiger partial charge in [-0.05, 0) is 37.3 Å². The van der Waals surface area contributed by atoms with Gasteiger partial charge < -0.3 is 10.1 Å². The first-order valence-corrected chi connectivity index (χ1v) is 9.16. The highest BCUT2D eigenvalue weighted by Gasteiger charge is 2.21. The van der Waals surface area contributed by atoms with Crippen LogP contribution in [0, 0.1) is 5.92 Å². The van der Waals surface area contributed by atoms with E-state index < -0.39 is 0 Å². The zero-order valence-electron chi connectivity index (χ0n) is 14.8. The van der Waals surface area contributed by atoms with Crippen molar-refractivity contribution in [2.75, 3.05) is 0 Å². The molecule has 1 fully saturated rings. The second-order valence-corrected chi connectivity index (χ2v) is 6.82. The Morgan fingerprint density at radius 3 is 2.60 bits per heavy atom. The maximum absolute atomic E-state index is 12.4. The standard InChI is InChI=1S/C21H26N2O2/c1-16(18-10-6-3-7-11-18)23-21(24)19-12-13-20(22-14-19)25-15-17-8-4-2-5-9-17/h2,4-5,8-9,12-14,16,18H,3,6-7,10-11,15H2,1H3,(H,23,24)/t16-/m1/s1. The highest BCUT2D eigenvalue weighted by molar-refractivity contribution is 5.94. The number of aromatic nitrogens is 1. The average Bonchev–Trinajstić information content (AvgIpc) is 2.68. The third-order valence-electron chi connectivity index (χ3n) is 4.94. The number of pyridine rings is 1. The number of ether oxygens (including phenoxy) is 1. The molecular formula is C21H26N2O2. The zero-order chi connectivity index (χ0) is 17.5. The number of nitrogens with one attached hydrogen (secondary N) is 1. The molecule has 1 aliphatic carbocycles. The molecule has 0 bridgehead atoms. The third-order valence-corrected chi connectivity index (χ3v) is 4.94. The Morgan fingerprint density at radius 1 is 1.16 bits per heavy atom. The molecule has 25 heavy (non-hydrogen) atoms. The van der Waals surface area contributed by atoms with Gasteiger partial charge in [0, 0.05) is 18.3 Å². The highest BCUT2D eigenvalue weighted by Crippen LogP contribution is 2.26. The van der Waals surface area contributed by atoms with Crippen molar-refractivity contribution < 1.29 is 9.53 Å². The van der Waals surface area contributed by atoms with Crippen LogP contribution in [-0.2, 0) is 6.61 Å². The van der Waals surface area contributed by atoms with E-state index in [1.807, 2.05) is 30.3 Å². The summed E-state index contributed by atoms with van der Waals surface area (Å²) < 4.78 is 5.66. The molecule has 1 saturated carbocycles. The van der Waals surface area contributed by atoms with Gasteiger partial charge in [0.25, 0.3) is 5.91 Å². The molecule has 132 valence electrons. The highest BCUT2D eigenvalue weighted by atomic mass is 16.5. The first-order chi connectivity index (χ1) is 12.2. The fourth-order valence-electron chi connectivity index (χ4n) is 3.37. The van der Waals surface area contributed by atoms with Crippen LogP contribution in [0.1, 0.15) is 54.9 Å². The van der Waals surface area contributed by atoms with Gasteiger partial charge in [-0.1, -0.05) is 49.6 Å². The van der Waals surface area contributed by atoms with Gasteiger partial charge in [-0.25, -0.2) is 4.98 Å². The summed E-state index contributed by atoms with van der Waals surface area (Å²) in [6.07, 6.45) is 7.90. The number of carbonyl (C=O) groups is 1. The molecule has 0 spiro atoms. The van der Waals surface area contributed by atoms with Gasteiger partial charge in [0.1, 0.15) is 6.61 Å². The molecule has 0 saturated heterocycles. The molecule has 2 aromatic rings. The van der Waals surface area contributed by atoms with Crippen LogP contribution in [0.5, 0.6) is 5.88 Å². The minimum atomic E-state index is -0.0554. The van der Waals surface area contributed by atoms with Crippen molar-refractivity contribution in [2.45, 2.75) is 51.7 Å².